The lowest BCUT2D eigenvalue weighted by atomic mass is 9.38. The molecular weight excluding hydrogens is 1120 g/mol. The average molecular weight is 1120 g/mol. The van der Waals surface area contributed by atoms with E-state index >= 15 is 83.4 Å². The van der Waals surface area contributed by atoms with Gasteiger partial charge in [0.1, 0.15) is 0 Å². The van der Waals surface area contributed by atoms with E-state index in [0.717, 1.165) is 14.2 Å². The number of rotatable bonds is 15. The van der Waals surface area contributed by atoms with Crippen LogP contribution in [0.5, 0.6) is 0 Å². The van der Waals surface area contributed by atoms with E-state index in [1.54, 1.807) is 0 Å². The first kappa shape index (κ1) is 59.3. The molecule has 4 aliphatic carbocycles. The summed E-state index contributed by atoms with van der Waals surface area (Å²) in [6.07, 6.45) is -56.0. The molecule has 404 valence electrons. The Bertz CT molecular complexity index is 1730. The fourth-order valence-electron chi connectivity index (χ4n) is 6.56. The topological polar surface area (TPSA) is 55.4 Å². The van der Waals surface area contributed by atoms with Crippen molar-refractivity contribution in [3.63, 3.8) is 0 Å². The molecule has 68 heavy (non-hydrogen) atoms. The summed E-state index contributed by atoms with van der Waals surface area (Å²) in [5, 5.41) is 0. The van der Waals surface area contributed by atoms with E-state index in [1.165, 1.54) is 0 Å². The van der Waals surface area contributed by atoms with Crippen LogP contribution >= 0.6 is 0 Å². The highest BCUT2D eigenvalue weighted by Gasteiger charge is 3.24. The van der Waals surface area contributed by atoms with Crippen LogP contribution in [-0.4, -0.2) is 130 Å². The summed E-state index contributed by atoms with van der Waals surface area (Å²) in [5.41, 5.74) is -42.1. The van der Waals surface area contributed by atoms with E-state index in [1.807, 2.05) is 0 Å². The minimum Gasteiger partial charge on any atom is -0.289 e. The highest BCUT2D eigenvalue weighted by atomic mass is 19.5. The van der Waals surface area contributed by atoms with Gasteiger partial charge in [0.2, 0.25) is 0 Å². The lowest BCUT2D eigenvalue weighted by molar-refractivity contribution is -0.682. The summed E-state index contributed by atoms with van der Waals surface area (Å²) in [7, 11) is 0. The van der Waals surface area contributed by atoms with Crippen LogP contribution in [0.3, 0.4) is 0 Å². The van der Waals surface area contributed by atoms with Gasteiger partial charge in [0.15, 0.2) is 0 Å². The van der Waals surface area contributed by atoms with Crippen molar-refractivity contribution in [2.24, 2.45) is 0 Å². The largest absolute Gasteiger partial charge is 0.460 e. The normalized spacial score (nSPS) is 33.2. The van der Waals surface area contributed by atoms with Crippen LogP contribution in [0.1, 0.15) is 0 Å². The minimum absolute atomic E-state index is 0.547. The summed E-state index contributed by atoms with van der Waals surface area (Å²) < 4.78 is 584. The molecule has 4 saturated carbocycles. The molecule has 0 radical (unpaired) electrons. The van der Waals surface area contributed by atoms with E-state index in [-0.39, 0.29) is 0 Å². The molecule has 3 atom stereocenters. The molecule has 0 saturated heterocycles. The Kier molecular flexibility index (Phi) is 12.1. The smallest absolute Gasteiger partial charge is 0.289 e. The Balaban J connectivity index is 3.00. The van der Waals surface area contributed by atoms with Crippen LogP contribution in [-0.2, 0) is 29.0 Å². The molecule has 4 rings (SSSR count). The molecule has 0 aromatic rings. The van der Waals surface area contributed by atoms with Crippen molar-refractivity contribution in [3.05, 3.63) is 0 Å². The lowest BCUT2D eigenvalue weighted by Crippen LogP contribution is -3.12. The number of alkyl halides is 37. The standard InChI is InChI=1S/C22F40O6/c23-1-5(24,25)2(63-20(54,55)14(42,66-60)11(36,37)17(45,46)47)8(30,31)3(6(1,26)27,64-21(56,57)15(43,67-61)12(38,39)18(48,49)50)10(34,35)4(7(1,28)29,9(2,32)33)65-22(58,59)16(44,68-62)13(40,41)19(51,52)53. The van der Waals surface area contributed by atoms with E-state index in [9.17, 15) is 92.6 Å². The number of hydrogen-bond acceptors (Lipinski definition) is 6. The molecule has 0 aromatic heterocycles. The van der Waals surface area contributed by atoms with Gasteiger partial charge >= 0.3 is 113 Å². The van der Waals surface area contributed by atoms with Crippen LogP contribution < -0.4 is 0 Å². The Labute approximate surface area is 336 Å². The minimum atomic E-state index is -10.6. The molecule has 4 fully saturated rings. The number of halogens is 40. The molecule has 4 aliphatic rings. The van der Waals surface area contributed by atoms with Crippen molar-refractivity contribution >= 4 is 0 Å². The summed E-state index contributed by atoms with van der Waals surface area (Å²) in [4.78, 5) is 1.64. The quantitative estimate of drug-likeness (QED) is 0.152. The van der Waals surface area contributed by atoms with Crippen LogP contribution in [0, 0.1) is 0 Å². The van der Waals surface area contributed by atoms with Crippen molar-refractivity contribution < 1.29 is 205 Å². The molecule has 0 spiro atoms. The monoisotopic (exact) mass is 1120 g/mol. The van der Waals surface area contributed by atoms with Crippen molar-refractivity contribution in [2.75, 3.05) is 0 Å². The first-order chi connectivity index (χ1) is 29.1. The van der Waals surface area contributed by atoms with Crippen LogP contribution in [0.15, 0.2) is 0 Å². The Hall–Kier alpha value is -3.04. The predicted molar refractivity (Wildman–Crippen MR) is 111 cm³/mol. The highest BCUT2D eigenvalue weighted by Crippen LogP contribution is 2.90. The Morgan fingerprint density at radius 2 is 0.382 bits per heavy atom. The summed E-state index contributed by atoms with van der Waals surface area (Å²) in [5.74, 6) is -119. The second-order valence-corrected chi connectivity index (χ2v) is 13.2. The molecule has 0 aromatic carbocycles. The van der Waals surface area contributed by atoms with Crippen molar-refractivity contribution in [3.8, 4) is 0 Å². The third kappa shape index (κ3) is 5.33. The summed E-state index contributed by atoms with van der Waals surface area (Å²) in [6.45, 7) is 0. The van der Waals surface area contributed by atoms with Crippen molar-refractivity contribution in [1.82, 2.24) is 0 Å². The Morgan fingerprint density at radius 3 is 0.500 bits per heavy atom. The van der Waals surface area contributed by atoms with Gasteiger partial charge in [-0.3, -0.25) is 14.2 Å². The van der Waals surface area contributed by atoms with E-state index in [2.05, 4.69) is 0 Å². The van der Waals surface area contributed by atoms with Crippen molar-refractivity contribution in [2.45, 2.75) is 130 Å². The number of hydrogen-bond donors (Lipinski definition) is 0. The van der Waals surface area contributed by atoms with E-state index in [0.29, 0.717) is 14.8 Å². The molecular formula is C22F40O6. The maximum Gasteiger partial charge on any atom is 0.460 e. The third-order valence-corrected chi connectivity index (χ3v) is 9.84. The second-order valence-electron chi connectivity index (χ2n) is 13.2. The maximum absolute atomic E-state index is 16.3. The van der Waals surface area contributed by atoms with Gasteiger partial charge in [-0.1, -0.05) is 0 Å². The van der Waals surface area contributed by atoms with Crippen LogP contribution in [0.4, 0.5) is 176 Å². The second kappa shape index (κ2) is 13.9. The highest BCUT2D eigenvalue weighted by molar-refractivity contribution is 5.55. The van der Waals surface area contributed by atoms with Gasteiger partial charge in [-0.15, -0.1) is 14.8 Å². The first-order valence-electron chi connectivity index (χ1n) is 14.5. The maximum atomic E-state index is 16.3. The summed E-state index contributed by atoms with van der Waals surface area (Å²) in [6, 6.07) is 0. The molecule has 0 heterocycles. The fourth-order valence-corrected chi connectivity index (χ4v) is 6.56. The zero-order chi connectivity index (χ0) is 55.2. The molecule has 6 nitrogen and oxygen atoms in total. The zero-order valence-electron chi connectivity index (χ0n) is 28.6. The van der Waals surface area contributed by atoms with Crippen molar-refractivity contribution in [1.29, 1.82) is 0 Å². The Morgan fingerprint density at radius 1 is 0.235 bits per heavy atom. The van der Waals surface area contributed by atoms with Crippen LogP contribution in [0.25, 0.3) is 0 Å². The number of ether oxygens (including phenoxy) is 3. The molecule has 4 bridgehead atoms. The van der Waals surface area contributed by atoms with Gasteiger partial charge in [-0.2, -0.15) is 158 Å². The van der Waals surface area contributed by atoms with E-state index in [4.69, 9.17) is 0 Å². The SMILES string of the molecule is FOC(F)(C(F)(F)OC12C(F)(F)C3(F)C(F)(F)C(OC(F)(F)C(F)(OF)C(F)(F)C(F)(F)F)(C1(F)F)C(F)(F)C(OC(F)(F)C(F)(OF)C(F)(F)C(F)(F)F)(C3(F)F)C2(F)F)C(F)(F)C(F)(F)F. The molecule has 0 aliphatic heterocycles. The lowest BCUT2D eigenvalue weighted by Gasteiger charge is -2.77. The fraction of sp³-hybridized carbons (Fsp3) is 1.00. The predicted octanol–water partition coefficient (Wildman–Crippen LogP) is 11.9. The molecule has 0 amide bonds. The van der Waals surface area contributed by atoms with Gasteiger partial charge in [0.25, 0.3) is 16.8 Å². The van der Waals surface area contributed by atoms with Gasteiger partial charge in [-0.05, 0) is 13.6 Å². The van der Waals surface area contributed by atoms with Gasteiger partial charge in [-0.25, -0.2) is 4.39 Å². The van der Waals surface area contributed by atoms with Gasteiger partial charge in [0.05, 0.1) is 0 Å². The zero-order valence-corrected chi connectivity index (χ0v) is 28.6. The molecule has 46 heteroatoms. The molecule has 3 unspecified atom stereocenters. The van der Waals surface area contributed by atoms with E-state index < -0.39 is 130 Å². The average Bonchev–Trinajstić information content (AvgIpc) is 3.12. The van der Waals surface area contributed by atoms with Gasteiger partial charge in [0, 0.05) is 0 Å². The first-order valence-corrected chi connectivity index (χ1v) is 14.5. The third-order valence-electron chi connectivity index (χ3n) is 9.84. The molecule has 0 N–H and O–H groups in total. The van der Waals surface area contributed by atoms with Gasteiger partial charge < -0.3 is 0 Å². The summed E-state index contributed by atoms with van der Waals surface area (Å²) >= 11 is 0. The van der Waals surface area contributed by atoms with Crippen LogP contribution in [0.2, 0.25) is 0 Å².